The first-order chi connectivity index (χ1) is 9.50. The van der Waals surface area contributed by atoms with Gasteiger partial charge in [-0.2, -0.15) is 0 Å². The maximum absolute atomic E-state index is 11.6. The Hall–Kier alpha value is -1.11. The van der Waals surface area contributed by atoms with Crippen molar-refractivity contribution in [2.45, 2.75) is 33.0 Å². The third-order valence-electron chi connectivity index (χ3n) is 3.26. The molecule has 0 bridgehead atoms. The van der Waals surface area contributed by atoms with Crippen LogP contribution in [0.4, 0.5) is 0 Å². The Labute approximate surface area is 131 Å². The number of rotatable bonds is 6. The lowest BCUT2D eigenvalue weighted by Crippen LogP contribution is -2.30. The molecule has 0 radical (unpaired) electrons. The molecule has 0 saturated heterocycles. The minimum Gasteiger partial charge on any atom is -0.351 e. The smallest absolute Gasteiger partial charge is 0.235 e. The Bertz CT molecular complexity index is 602. The molecule has 0 fully saturated rings. The van der Waals surface area contributed by atoms with E-state index < -0.39 is 21.5 Å². The van der Waals surface area contributed by atoms with Crippen LogP contribution in [0.2, 0.25) is 0 Å². The van der Waals surface area contributed by atoms with E-state index in [0.717, 1.165) is 18.7 Å². The Morgan fingerprint density at radius 3 is 2.71 bits per heavy atom. The number of amides is 1. The van der Waals surface area contributed by atoms with Gasteiger partial charge in [0.15, 0.2) is 9.84 Å². The second kappa shape index (κ2) is 7.77. The average molecular weight is 333 g/mol. The first kappa shape index (κ1) is 17.9. The van der Waals surface area contributed by atoms with Crippen LogP contribution in [0.3, 0.4) is 0 Å². The summed E-state index contributed by atoms with van der Waals surface area (Å²) < 4.78 is 23.1. The summed E-state index contributed by atoms with van der Waals surface area (Å²) in [6.07, 6.45) is 0.535. The summed E-state index contributed by atoms with van der Waals surface area (Å²) in [5, 5.41) is 5.92. The maximum atomic E-state index is 11.6. The SMILES string of the molecule is CCCS(=O)(=O)CC(=O)NCc1ccc2c(c1)CNC2.Cl. The molecule has 1 aromatic carbocycles. The first-order valence-electron chi connectivity index (χ1n) is 6.78. The minimum atomic E-state index is -3.27. The summed E-state index contributed by atoms with van der Waals surface area (Å²) in [5.41, 5.74) is 3.52. The average Bonchev–Trinajstić information content (AvgIpc) is 2.82. The van der Waals surface area contributed by atoms with Gasteiger partial charge in [-0.3, -0.25) is 4.79 Å². The highest BCUT2D eigenvalue weighted by atomic mass is 35.5. The molecule has 1 aliphatic heterocycles. The van der Waals surface area contributed by atoms with Crippen molar-refractivity contribution >= 4 is 28.2 Å². The number of carbonyl (C=O) groups is 1. The molecule has 5 nitrogen and oxygen atoms in total. The van der Waals surface area contributed by atoms with Gasteiger partial charge in [-0.05, 0) is 23.1 Å². The molecule has 1 heterocycles. The highest BCUT2D eigenvalue weighted by molar-refractivity contribution is 7.92. The van der Waals surface area contributed by atoms with Crippen molar-refractivity contribution in [3.8, 4) is 0 Å². The van der Waals surface area contributed by atoms with E-state index in [-0.39, 0.29) is 18.2 Å². The van der Waals surface area contributed by atoms with Crippen LogP contribution in [0.1, 0.15) is 30.0 Å². The van der Waals surface area contributed by atoms with Crippen molar-refractivity contribution in [2.75, 3.05) is 11.5 Å². The molecule has 0 saturated carbocycles. The molecule has 118 valence electrons. The highest BCUT2D eigenvalue weighted by Crippen LogP contribution is 2.16. The van der Waals surface area contributed by atoms with Gasteiger partial charge in [0, 0.05) is 19.6 Å². The molecule has 21 heavy (non-hydrogen) atoms. The molecular weight excluding hydrogens is 312 g/mol. The van der Waals surface area contributed by atoms with E-state index in [0.29, 0.717) is 13.0 Å². The van der Waals surface area contributed by atoms with Gasteiger partial charge < -0.3 is 10.6 Å². The number of sulfone groups is 1. The highest BCUT2D eigenvalue weighted by Gasteiger charge is 2.15. The minimum absolute atomic E-state index is 0. The van der Waals surface area contributed by atoms with E-state index in [4.69, 9.17) is 0 Å². The van der Waals surface area contributed by atoms with Crippen molar-refractivity contribution in [1.82, 2.24) is 10.6 Å². The molecule has 0 aromatic heterocycles. The lowest BCUT2D eigenvalue weighted by Gasteiger charge is -2.07. The summed E-state index contributed by atoms with van der Waals surface area (Å²) in [6.45, 7) is 3.89. The van der Waals surface area contributed by atoms with Gasteiger partial charge in [0.2, 0.25) is 5.91 Å². The van der Waals surface area contributed by atoms with Crippen molar-refractivity contribution in [3.63, 3.8) is 0 Å². The van der Waals surface area contributed by atoms with Crippen LogP contribution in [-0.4, -0.2) is 25.8 Å². The number of carbonyl (C=O) groups excluding carboxylic acids is 1. The zero-order valence-corrected chi connectivity index (χ0v) is 13.6. The van der Waals surface area contributed by atoms with E-state index in [9.17, 15) is 13.2 Å². The Kier molecular flexibility index (Phi) is 6.64. The van der Waals surface area contributed by atoms with Gasteiger partial charge in [0.05, 0.1) is 5.75 Å². The fourth-order valence-corrected chi connectivity index (χ4v) is 3.56. The molecular formula is C14H21ClN2O3S. The second-order valence-electron chi connectivity index (χ2n) is 5.08. The zero-order valence-electron chi connectivity index (χ0n) is 12.0. The quantitative estimate of drug-likeness (QED) is 0.819. The molecule has 0 unspecified atom stereocenters. The summed E-state index contributed by atoms with van der Waals surface area (Å²) >= 11 is 0. The fourth-order valence-electron chi connectivity index (χ4n) is 2.29. The topological polar surface area (TPSA) is 75.3 Å². The molecule has 1 amide bonds. The normalized spacial score (nSPS) is 13.4. The number of halogens is 1. The summed E-state index contributed by atoms with van der Waals surface area (Å²) in [6, 6.07) is 6.06. The number of nitrogens with one attached hydrogen (secondary N) is 2. The molecule has 7 heteroatoms. The van der Waals surface area contributed by atoms with Crippen LogP contribution in [0, 0.1) is 0 Å². The lowest BCUT2D eigenvalue weighted by molar-refractivity contribution is -0.118. The number of hydrogen-bond donors (Lipinski definition) is 2. The van der Waals surface area contributed by atoms with Crippen LogP contribution < -0.4 is 10.6 Å². The molecule has 2 rings (SSSR count). The van der Waals surface area contributed by atoms with E-state index >= 15 is 0 Å². The van der Waals surface area contributed by atoms with Crippen molar-refractivity contribution in [2.24, 2.45) is 0 Å². The van der Waals surface area contributed by atoms with Gasteiger partial charge >= 0.3 is 0 Å². The Balaban J connectivity index is 0.00000220. The summed E-state index contributed by atoms with van der Waals surface area (Å²) in [7, 11) is -3.27. The van der Waals surface area contributed by atoms with Crippen LogP contribution in [0.15, 0.2) is 18.2 Å². The van der Waals surface area contributed by atoms with Gasteiger partial charge in [0.1, 0.15) is 5.75 Å². The Morgan fingerprint density at radius 2 is 2.00 bits per heavy atom. The predicted octanol–water partition coefficient (Wildman–Crippen LogP) is 1.15. The van der Waals surface area contributed by atoms with Crippen molar-refractivity contribution in [3.05, 3.63) is 34.9 Å². The molecule has 0 spiro atoms. The third kappa shape index (κ3) is 5.30. The molecule has 0 aliphatic carbocycles. The number of hydrogen-bond acceptors (Lipinski definition) is 4. The number of fused-ring (bicyclic) bond motifs is 1. The van der Waals surface area contributed by atoms with E-state index in [1.54, 1.807) is 6.92 Å². The lowest BCUT2D eigenvalue weighted by atomic mass is 10.1. The second-order valence-corrected chi connectivity index (χ2v) is 7.26. The summed E-state index contributed by atoms with van der Waals surface area (Å²) in [4.78, 5) is 11.6. The standard InChI is InChI=1S/C14H20N2O3S.ClH/c1-2-5-20(18,19)10-14(17)16-7-11-3-4-12-8-15-9-13(12)6-11;/h3-4,6,15H,2,5,7-10H2,1H3,(H,16,17);1H. The van der Waals surface area contributed by atoms with Gasteiger partial charge in [-0.25, -0.2) is 8.42 Å². The molecule has 0 atom stereocenters. The van der Waals surface area contributed by atoms with E-state index in [1.807, 2.05) is 12.1 Å². The fraction of sp³-hybridized carbons (Fsp3) is 0.500. The first-order valence-corrected chi connectivity index (χ1v) is 8.61. The third-order valence-corrected chi connectivity index (χ3v) is 4.99. The molecule has 2 N–H and O–H groups in total. The summed E-state index contributed by atoms with van der Waals surface area (Å²) in [5.74, 6) is -0.796. The number of benzene rings is 1. The van der Waals surface area contributed by atoms with Gasteiger partial charge in [0.25, 0.3) is 0 Å². The van der Waals surface area contributed by atoms with E-state index in [2.05, 4.69) is 16.7 Å². The Morgan fingerprint density at radius 1 is 1.29 bits per heavy atom. The van der Waals surface area contributed by atoms with Crippen LogP contribution in [0.5, 0.6) is 0 Å². The predicted molar refractivity (Wildman–Crippen MR) is 85.0 cm³/mol. The van der Waals surface area contributed by atoms with Crippen LogP contribution >= 0.6 is 12.4 Å². The van der Waals surface area contributed by atoms with Crippen molar-refractivity contribution < 1.29 is 13.2 Å². The molecule has 1 aromatic rings. The van der Waals surface area contributed by atoms with Gasteiger partial charge in [-0.15, -0.1) is 12.4 Å². The van der Waals surface area contributed by atoms with Crippen LogP contribution in [-0.2, 0) is 34.3 Å². The maximum Gasteiger partial charge on any atom is 0.235 e. The van der Waals surface area contributed by atoms with E-state index in [1.165, 1.54) is 11.1 Å². The molecule has 1 aliphatic rings. The largest absolute Gasteiger partial charge is 0.351 e. The monoisotopic (exact) mass is 332 g/mol. The van der Waals surface area contributed by atoms with Gasteiger partial charge in [-0.1, -0.05) is 25.1 Å². The zero-order chi connectivity index (χ0) is 14.6. The van der Waals surface area contributed by atoms with Crippen molar-refractivity contribution in [1.29, 1.82) is 0 Å². The van der Waals surface area contributed by atoms with Crippen LogP contribution in [0.25, 0.3) is 0 Å².